The molecule has 5 nitrogen and oxygen atoms in total. The molecule has 1 aliphatic rings. The first-order chi connectivity index (χ1) is 12.2. The lowest BCUT2D eigenvalue weighted by atomic mass is 10.1. The third kappa shape index (κ3) is 5.01. The zero-order valence-corrected chi connectivity index (χ0v) is 15.9. The molecule has 1 atom stereocenters. The summed E-state index contributed by atoms with van der Waals surface area (Å²) in [5, 5.41) is 11.3. The molecule has 1 fully saturated rings. The number of nitrogens with zero attached hydrogens (tertiary/aromatic N) is 3. The van der Waals surface area contributed by atoms with Crippen LogP contribution in [-0.2, 0) is 6.54 Å². The molecule has 1 aliphatic heterocycles. The molecule has 0 amide bonds. The highest BCUT2D eigenvalue weighted by Crippen LogP contribution is 2.36. The number of benzene rings is 1. The molecule has 25 heavy (non-hydrogen) atoms. The highest BCUT2D eigenvalue weighted by atomic mass is 32.2. The van der Waals surface area contributed by atoms with Gasteiger partial charge in [0.25, 0.3) is 0 Å². The molecule has 6 heteroatoms. The van der Waals surface area contributed by atoms with Gasteiger partial charge < -0.3 is 10.6 Å². The molecule has 3 rings (SSSR count). The van der Waals surface area contributed by atoms with E-state index in [1.165, 1.54) is 18.6 Å². The summed E-state index contributed by atoms with van der Waals surface area (Å²) in [6, 6.07) is 10.1. The maximum Gasteiger partial charge on any atom is 0.191 e. The van der Waals surface area contributed by atoms with Gasteiger partial charge in [-0.25, -0.2) is 9.67 Å². The number of nitrogens with one attached hydrogen (secondary N) is 2. The number of thioether (sulfide) groups is 1. The molecule has 2 heterocycles. The van der Waals surface area contributed by atoms with Gasteiger partial charge in [-0.2, -0.15) is 16.9 Å². The van der Waals surface area contributed by atoms with E-state index >= 15 is 0 Å². The van der Waals surface area contributed by atoms with Crippen LogP contribution >= 0.6 is 11.8 Å². The van der Waals surface area contributed by atoms with Crippen molar-refractivity contribution in [3.8, 4) is 5.69 Å². The lowest BCUT2D eigenvalue weighted by Gasteiger charge is -2.24. The van der Waals surface area contributed by atoms with E-state index < -0.39 is 0 Å². The first-order valence-corrected chi connectivity index (χ1v) is 9.92. The first kappa shape index (κ1) is 17.9. The Bertz CT molecular complexity index is 689. The van der Waals surface area contributed by atoms with E-state index in [0.717, 1.165) is 30.3 Å². The second-order valence-electron chi connectivity index (χ2n) is 6.58. The van der Waals surface area contributed by atoms with Gasteiger partial charge in [0.05, 0.1) is 18.4 Å². The molecule has 0 saturated carbocycles. The van der Waals surface area contributed by atoms with Gasteiger partial charge >= 0.3 is 0 Å². The van der Waals surface area contributed by atoms with Crippen molar-refractivity contribution >= 4 is 17.7 Å². The van der Waals surface area contributed by atoms with Gasteiger partial charge in [-0.05, 0) is 44.6 Å². The fourth-order valence-electron chi connectivity index (χ4n) is 2.92. The quantitative estimate of drug-likeness (QED) is 0.616. The van der Waals surface area contributed by atoms with E-state index in [2.05, 4.69) is 41.3 Å². The van der Waals surface area contributed by atoms with Crippen LogP contribution in [0.5, 0.6) is 0 Å². The van der Waals surface area contributed by atoms with Gasteiger partial charge in [-0.15, -0.1) is 0 Å². The topological polar surface area (TPSA) is 54.2 Å². The van der Waals surface area contributed by atoms with Crippen LogP contribution in [0.25, 0.3) is 5.69 Å². The number of aromatic nitrogens is 2. The normalized spacial score (nSPS) is 20.6. The van der Waals surface area contributed by atoms with Crippen LogP contribution in [0.3, 0.4) is 0 Å². The van der Waals surface area contributed by atoms with Gasteiger partial charge in [-0.3, -0.25) is 0 Å². The minimum Gasteiger partial charge on any atom is -0.357 e. The monoisotopic (exact) mass is 357 g/mol. The van der Waals surface area contributed by atoms with E-state index in [-0.39, 0.29) is 0 Å². The predicted molar refractivity (Wildman–Crippen MR) is 106 cm³/mol. The summed E-state index contributed by atoms with van der Waals surface area (Å²) >= 11 is 2.06. The number of rotatable bonds is 6. The Morgan fingerprint density at radius 3 is 2.88 bits per heavy atom. The highest BCUT2D eigenvalue weighted by molar-refractivity contribution is 8.00. The Balaban J connectivity index is 1.60. The van der Waals surface area contributed by atoms with Crippen LogP contribution in [0.2, 0.25) is 0 Å². The van der Waals surface area contributed by atoms with Crippen molar-refractivity contribution in [2.75, 3.05) is 18.8 Å². The Labute approximate surface area is 154 Å². The SMILES string of the molecule is CCNC(=NCc1cnn(-c2ccccc2)c1)NCC1(C)CCCS1. The van der Waals surface area contributed by atoms with Gasteiger partial charge in [0.15, 0.2) is 5.96 Å². The van der Waals surface area contributed by atoms with Crippen molar-refractivity contribution in [1.29, 1.82) is 0 Å². The average Bonchev–Trinajstić information content (AvgIpc) is 3.28. The zero-order chi connectivity index (χ0) is 17.5. The lowest BCUT2D eigenvalue weighted by molar-refractivity contribution is 0.584. The lowest BCUT2D eigenvalue weighted by Crippen LogP contribution is -2.43. The Morgan fingerprint density at radius 1 is 1.32 bits per heavy atom. The Morgan fingerprint density at radius 2 is 2.16 bits per heavy atom. The molecule has 0 spiro atoms. The molecule has 0 aliphatic carbocycles. The van der Waals surface area contributed by atoms with Crippen molar-refractivity contribution in [3.05, 3.63) is 48.3 Å². The molecule has 1 aromatic carbocycles. The van der Waals surface area contributed by atoms with Crippen LogP contribution in [-0.4, -0.2) is 39.3 Å². The third-order valence-electron chi connectivity index (χ3n) is 4.35. The fraction of sp³-hybridized carbons (Fsp3) is 0.474. The first-order valence-electron chi connectivity index (χ1n) is 8.94. The summed E-state index contributed by atoms with van der Waals surface area (Å²) in [7, 11) is 0. The molecule has 0 bridgehead atoms. The number of hydrogen-bond acceptors (Lipinski definition) is 3. The molecular formula is C19H27N5S. The van der Waals surface area contributed by atoms with Gasteiger partial charge in [0.1, 0.15) is 0 Å². The minimum atomic E-state index is 0.328. The average molecular weight is 358 g/mol. The summed E-state index contributed by atoms with van der Waals surface area (Å²) in [5.74, 6) is 2.15. The van der Waals surface area contributed by atoms with Crippen LogP contribution in [0.15, 0.2) is 47.7 Å². The Kier molecular flexibility index (Phi) is 6.02. The highest BCUT2D eigenvalue weighted by Gasteiger charge is 2.29. The molecule has 2 aromatic rings. The molecule has 1 saturated heterocycles. The second-order valence-corrected chi connectivity index (χ2v) is 8.26. The summed E-state index contributed by atoms with van der Waals surface area (Å²) in [6.07, 6.45) is 6.51. The molecule has 134 valence electrons. The van der Waals surface area contributed by atoms with Crippen LogP contribution in [0.1, 0.15) is 32.3 Å². The van der Waals surface area contributed by atoms with Crippen LogP contribution < -0.4 is 10.6 Å². The summed E-state index contributed by atoms with van der Waals surface area (Å²) in [4.78, 5) is 4.71. The number of aliphatic imine (C=N–C) groups is 1. The van der Waals surface area contributed by atoms with Crippen molar-refractivity contribution in [2.45, 2.75) is 38.0 Å². The molecule has 2 N–H and O–H groups in total. The maximum absolute atomic E-state index is 4.71. The standard InChI is InChI=1S/C19H27N5S/c1-3-20-18(22-15-19(2)10-7-11-25-19)21-12-16-13-23-24(14-16)17-8-5-4-6-9-17/h4-6,8-9,13-14H,3,7,10-12,15H2,1-2H3,(H2,20,21,22). The minimum absolute atomic E-state index is 0.328. The number of hydrogen-bond donors (Lipinski definition) is 2. The van der Waals surface area contributed by atoms with Crippen LogP contribution in [0, 0.1) is 0 Å². The van der Waals surface area contributed by atoms with E-state index in [9.17, 15) is 0 Å². The van der Waals surface area contributed by atoms with Gasteiger partial charge in [0.2, 0.25) is 0 Å². The van der Waals surface area contributed by atoms with Gasteiger partial charge in [-0.1, -0.05) is 18.2 Å². The summed E-state index contributed by atoms with van der Waals surface area (Å²) in [6.45, 7) is 6.86. The molecule has 1 unspecified atom stereocenters. The smallest absolute Gasteiger partial charge is 0.191 e. The number of guanidine groups is 1. The summed E-state index contributed by atoms with van der Waals surface area (Å²) < 4.78 is 2.22. The maximum atomic E-state index is 4.71. The Hall–Kier alpha value is -1.95. The van der Waals surface area contributed by atoms with E-state index in [4.69, 9.17) is 4.99 Å². The van der Waals surface area contributed by atoms with Gasteiger partial charge in [0, 0.05) is 29.6 Å². The van der Waals surface area contributed by atoms with Crippen molar-refractivity contribution in [2.24, 2.45) is 4.99 Å². The van der Waals surface area contributed by atoms with Crippen molar-refractivity contribution < 1.29 is 0 Å². The zero-order valence-electron chi connectivity index (χ0n) is 15.0. The fourth-order valence-corrected chi connectivity index (χ4v) is 4.17. The predicted octanol–water partition coefficient (Wildman–Crippen LogP) is 3.21. The number of para-hydroxylation sites is 1. The summed E-state index contributed by atoms with van der Waals surface area (Å²) in [5.41, 5.74) is 2.16. The van der Waals surface area contributed by atoms with E-state index in [1.54, 1.807) is 0 Å². The molecule has 0 radical (unpaired) electrons. The second kappa shape index (κ2) is 8.43. The molecular weight excluding hydrogens is 330 g/mol. The van der Waals surface area contributed by atoms with Crippen molar-refractivity contribution in [3.63, 3.8) is 0 Å². The van der Waals surface area contributed by atoms with E-state index in [1.807, 2.05) is 47.4 Å². The third-order valence-corrected chi connectivity index (χ3v) is 5.89. The molecule has 1 aromatic heterocycles. The largest absolute Gasteiger partial charge is 0.357 e. The van der Waals surface area contributed by atoms with Crippen LogP contribution in [0.4, 0.5) is 0 Å². The van der Waals surface area contributed by atoms with E-state index in [0.29, 0.717) is 11.3 Å². The van der Waals surface area contributed by atoms with Crippen molar-refractivity contribution in [1.82, 2.24) is 20.4 Å².